The molecule has 0 heterocycles. The Bertz CT molecular complexity index is 296. The number of benzene rings is 1. The van der Waals surface area contributed by atoms with Gasteiger partial charge in [0.1, 0.15) is 5.82 Å². The summed E-state index contributed by atoms with van der Waals surface area (Å²) >= 11 is 0. The normalized spacial score (nSPS) is 12.9. The van der Waals surface area contributed by atoms with Crippen LogP contribution in [0.5, 0.6) is 0 Å². The van der Waals surface area contributed by atoms with Crippen LogP contribution < -0.4 is 5.32 Å². The summed E-state index contributed by atoms with van der Waals surface area (Å²) in [6.07, 6.45) is 1.09. The van der Waals surface area contributed by atoms with Crippen molar-refractivity contribution in [3.8, 4) is 0 Å². The molecule has 1 atom stereocenters. The molecule has 1 nitrogen and oxygen atoms in total. The monoisotopic (exact) mass is 195 g/mol. The van der Waals surface area contributed by atoms with Crippen molar-refractivity contribution in [1.29, 1.82) is 0 Å². The first-order valence-corrected chi connectivity index (χ1v) is 5.12. The Labute approximate surface area is 85.3 Å². The molecule has 0 saturated heterocycles. The molecule has 0 fully saturated rings. The van der Waals surface area contributed by atoms with Crippen LogP contribution in [0.4, 0.5) is 4.39 Å². The predicted molar refractivity (Wildman–Crippen MR) is 57.7 cm³/mol. The van der Waals surface area contributed by atoms with Crippen molar-refractivity contribution in [3.05, 3.63) is 35.1 Å². The lowest BCUT2D eigenvalue weighted by Gasteiger charge is -2.11. The van der Waals surface area contributed by atoms with Crippen LogP contribution in [0, 0.1) is 12.7 Å². The fraction of sp³-hybridized carbons (Fsp3) is 0.500. The molecule has 0 aliphatic rings. The first-order chi connectivity index (χ1) is 6.63. The molecule has 2 heteroatoms. The number of hydrogen-bond acceptors (Lipinski definition) is 1. The summed E-state index contributed by atoms with van der Waals surface area (Å²) in [5.74, 6) is -0.117. The molecule has 0 unspecified atom stereocenters. The van der Waals surface area contributed by atoms with E-state index in [0.29, 0.717) is 11.6 Å². The highest BCUT2D eigenvalue weighted by molar-refractivity contribution is 5.23. The van der Waals surface area contributed by atoms with E-state index in [2.05, 4.69) is 19.2 Å². The predicted octanol–water partition coefficient (Wildman–Crippen LogP) is 3.02. The molecule has 0 aliphatic carbocycles. The van der Waals surface area contributed by atoms with Gasteiger partial charge in [-0.15, -0.1) is 0 Å². The fourth-order valence-electron chi connectivity index (χ4n) is 1.18. The summed E-state index contributed by atoms with van der Waals surface area (Å²) in [5, 5.41) is 3.33. The van der Waals surface area contributed by atoms with Gasteiger partial charge >= 0.3 is 0 Å². The van der Waals surface area contributed by atoms with Crippen LogP contribution >= 0.6 is 0 Å². The van der Waals surface area contributed by atoms with Crippen molar-refractivity contribution in [1.82, 2.24) is 5.32 Å². The third-order valence-electron chi connectivity index (χ3n) is 2.50. The molecular weight excluding hydrogens is 177 g/mol. The molecular formula is C12H18FN. The van der Waals surface area contributed by atoms with E-state index in [9.17, 15) is 4.39 Å². The first kappa shape index (κ1) is 11.2. The summed E-state index contributed by atoms with van der Waals surface area (Å²) < 4.78 is 13.2. The van der Waals surface area contributed by atoms with E-state index in [0.717, 1.165) is 18.5 Å². The Morgan fingerprint density at radius 1 is 1.43 bits per heavy atom. The van der Waals surface area contributed by atoms with E-state index in [1.54, 1.807) is 13.0 Å². The Morgan fingerprint density at radius 3 is 2.71 bits per heavy atom. The third kappa shape index (κ3) is 3.11. The van der Waals surface area contributed by atoms with Crippen LogP contribution in [0.2, 0.25) is 0 Å². The Balaban J connectivity index is 2.55. The lowest BCUT2D eigenvalue weighted by Crippen LogP contribution is -2.24. The van der Waals surface area contributed by atoms with Gasteiger partial charge < -0.3 is 5.32 Å². The Morgan fingerprint density at radius 2 is 2.14 bits per heavy atom. The minimum atomic E-state index is -0.117. The van der Waals surface area contributed by atoms with E-state index < -0.39 is 0 Å². The highest BCUT2D eigenvalue weighted by Crippen LogP contribution is 2.09. The van der Waals surface area contributed by atoms with Gasteiger partial charge in [-0.05, 0) is 37.5 Å². The number of hydrogen-bond donors (Lipinski definition) is 1. The number of nitrogens with one attached hydrogen (secondary N) is 1. The van der Waals surface area contributed by atoms with Crippen LogP contribution in [0.25, 0.3) is 0 Å². The van der Waals surface area contributed by atoms with Crippen LogP contribution in [-0.4, -0.2) is 6.04 Å². The molecule has 0 saturated carbocycles. The highest BCUT2D eigenvalue weighted by Gasteiger charge is 2.01. The minimum absolute atomic E-state index is 0.117. The van der Waals surface area contributed by atoms with Crippen molar-refractivity contribution in [2.24, 2.45) is 0 Å². The molecule has 1 aromatic rings. The molecule has 1 N–H and O–H groups in total. The average molecular weight is 195 g/mol. The maximum absolute atomic E-state index is 13.2. The lowest BCUT2D eigenvalue weighted by molar-refractivity contribution is 0.531. The third-order valence-corrected chi connectivity index (χ3v) is 2.50. The number of halogens is 1. The minimum Gasteiger partial charge on any atom is -0.310 e. The van der Waals surface area contributed by atoms with Crippen LogP contribution in [0.15, 0.2) is 18.2 Å². The molecule has 78 valence electrons. The SMILES string of the molecule is CC[C@H](C)NCc1ccc(C)c(F)c1. The summed E-state index contributed by atoms with van der Waals surface area (Å²) in [4.78, 5) is 0. The highest BCUT2D eigenvalue weighted by atomic mass is 19.1. The quantitative estimate of drug-likeness (QED) is 0.778. The second kappa shape index (κ2) is 5.11. The largest absolute Gasteiger partial charge is 0.310 e. The maximum Gasteiger partial charge on any atom is 0.126 e. The summed E-state index contributed by atoms with van der Waals surface area (Å²) in [7, 11) is 0. The molecule has 0 aliphatic heterocycles. The molecule has 1 rings (SSSR count). The summed E-state index contributed by atoms with van der Waals surface area (Å²) in [6.45, 7) is 6.78. The number of rotatable bonds is 4. The van der Waals surface area contributed by atoms with Gasteiger partial charge in [-0.3, -0.25) is 0 Å². The Kier molecular flexibility index (Phi) is 4.08. The maximum atomic E-state index is 13.2. The van der Waals surface area contributed by atoms with E-state index in [1.807, 2.05) is 12.1 Å². The van der Waals surface area contributed by atoms with Gasteiger partial charge in [-0.1, -0.05) is 19.1 Å². The summed E-state index contributed by atoms with van der Waals surface area (Å²) in [6, 6.07) is 5.88. The summed E-state index contributed by atoms with van der Waals surface area (Å²) in [5.41, 5.74) is 1.71. The van der Waals surface area contributed by atoms with Crippen molar-refractivity contribution in [2.75, 3.05) is 0 Å². The van der Waals surface area contributed by atoms with Crippen LogP contribution in [0.3, 0.4) is 0 Å². The second-order valence-corrected chi connectivity index (χ2v) is 3.77. The van der Waals surface area contributed by atoms with Crippen LogP contribution in [-0.2, 0) is 6.54 Å². The van der Waals surface area contributed by atoms with Crippen LogP contribution in [0.1, 0.15) is 31.4 Å². The van der Waals surface area contributed by atoms with Gasteiger partial charge in [0, 0.05) is 12.6 Å². The molecule has 0 aromatic heterocycles. The fourth-order valence-corrected chi connectivity index (χ4v) is 1.18. The zero-order chi connectivity index (χ0) is 10.6. The van der Waals surface area contributed by atoms with Gasteiger partial charge in [0.05, 0.1) is 0 Å². The van der Waals surface area contributed by atoms with Crippen molar-refractivity contribution < 1.29 is 4.39 Å². The van der Waals surface area contributed by atoms with Gasteiger partial charge in [-0.2, -0.15) is 0 Å². The molecule has 0 radical (unpaired) electrons. The van der Waals surface area contributed by atoms with E-state index in [1.165, 1.54) is 0 Å². The van der Waals surface area contributed by atoms with Gasteiger partial charge in [0.2, 0.25) is 0 Å². The molecule has 1 aromatic carbocycles. The van der Waals surface area contributed by atoms with E-state index >= 15 is 0 Å². The standard InChI is InChI=1S/C12H18FN/c1-4-10(3)14-8-11-6-5-9(2)12(13)7-11/h5-7,10,14H,4,8H2,1-3H3/t10-/m0/s1. The van der Waals surface area contributed by atoms with E-state index in [-0.39, 0.29) is 5.82 Å². The van der Waals surface area contributed by atoms with Gasteiger partial charge in [-0.25, -0.2) is 4.39 Å². The van der Waals surface area contributed by atoms with Crippen molar-refractivity contribution in [3.63, 3.8) is 0 Å². The molecule has 14 heavy (non-hydrogen) atoms. The van der Waals surface area contributed by atoms with E-state index in [4.69, 9.17) is 0 Å². The average Bonchev–Trinajstić information content (AvgIpc) is 2.19. The number of aryl methyl sites for hydroxylation is 1. The molecule has 0 spiro atoms. The zero-order valence-electron chi connectivity index (χ0n) is 9.10. The lowest BCUT2D eigenvalue weighted by atomic mass is 10.1. The Hall–Kier alpha value is -0.890. The molecule has 0 bridgehead atoms. The molecule has 0 amide bonds. The zero-order valence-corrected chi connectivity index (χ0v) is 9.10. The van der Waals surface area contributed by atoms with Gasteiger partial charge in [0.15, 0.2) is 0 Å². The van der Waals surface area contributed by atoms with Gasteiger partial charge in [0.25, 0.3) is 0 Å². The van der Waals surface area contributed by atoms with Crippen molar-refractivity contribution in [2.45, 2.75) is 39.8 Å². The first-order valence-electron chi connectivity index (χ1n) is 5.12. The topological polar surface area (TPSA) is 12.0 Å². The second-order valence-electron chi connectivity index (χ2n) is 3.77. The van der Waals surface area contributed by atoms with Crippen molar-refractivity contribution >= 4 is 0 Å². The smallest absolute Gasteiger partial charge is 0.126 e.